The first-order valence-electron chi connectivity index (χ1n) is 10.0. The largest absolute Gasteiger partial charge is 0.373 e. The summed E-state index contributed by atoms with van der Waals surface area (Å²) in [6.45, 7) is 8.57. The quantitative estimate of drug-likeness (QED) is 0.588. The molecule has 1 amide bonds. The molecule has 0 radical (unpaired) electrons. The predicted octanol–water partition coefficient (Wildman–Crippen LogP) is 4.07. The summed E-state index contributed by atoms with van der Waals surface area (Å²) in [6, 6.07) is 15.0. The number of benzene rings is 2. The molecule has 0 spiro atoms. The molecule has 2 aromatic carbocycles. The van der Waals surface area contributed by atoms with E-state index in [1.165, 1.54) is 0 Å². The van der Waals surface area contributed by atoms with Crippen LogP contribution in [0.5, 0.6) is 0 Å². The molecule has 7 heteroatoms. The summed E-state index contributed by atoms with van der Waals surface area (Å²) in [5.41, 5.74) is 2.55. The first kappa shape index (κ1) is 20.6. The number of hydrogen-bond acceptors (Lipinski definition) is 5. The highest BCUT2D eigenvalue weighted by molar-refractivity contribution is 5.78. The van der Waals surface area contributed by atoms with E-state index >= 15 is 0 Å². The number of nitro benzene ring substituents is 1. The van der Waals surface area contributed by atoms with Gasteiger partial charge in [-0.25, -0.2) is 0 Å². The second kappa shape index (κ2) is 8.94. The third kappa shape index (κ3) is 4.85. The van der Waals surface area contributed by atoms with Crippen LogP contribution in [0.15, 0.2) is 48.5 Å². The molecule has 1 aliphatic rings. The smallest absolute Gasteiger partial charge is 0.292 e. The van der Waals surface area contributed by atoms with Crippen LogP contribution in [0.2, 0.25) is 0 Å². The molecule has 7 nitrogen and oxygen atoms in total. The number of nitro groups is 1. The molecule has 0 aliphatic carbocycles. The number of piperazine rings is 1. The number of rotatable bonds is 6. The minimum absolute atomic E-state index is 0.00352. The van der Waals surface area contributed by atoms with Gasteiger partial charge in [-0.15, -0.1) is 0 Å². The number of nitrogens with zero attached hydrogens (tertiary/aromatic N) is 3. The minimum Gasteiger partial charge on any atom is -0.373 e. The lowest BCUT2D eigenvalue weighted by Crippen LogP contribution is -2.49. The molecule has 29 heavy (non-hydrogen) atoms. The molecule has 1 N–H and O–H groups in total. The van der Waals surface area contributed by atoms with E-state index < -0.39 is 0 Å². The minimum atomic E-state index is -0.358. The molecule has 2 aromatic rings. The lowest BCUT2D eigenvalue weighted by atomic mass is 10.1. The molecular formula is C22H28N4O3. The van der Waals surface area contributed by atoms with Crippen molar-refractivity contribution in [3.8, 4) is 0 Å². The van der Waals surface area contributed by atoms with E-state index in [0.717, 1.165) is 11.3 Å². The summed E-state index contributed by atoms with van der Waals surface area (Å²) >= 11 is 0. The number of nitrogens with one attached hydrogen (secondary N) is 1. The van der Waals surface area contributed by atoms with Crippen LogP contribution < -0.4 is 10.2 Å². The van der Waals surface area contributed by atoms with Gasteiger partial charge in [0, 0.05) is 49.9 Å². The van der Waals surface area contributed by atoms with E-state index in [1.807, 2.05) is 62.1 Å². The molecule has 0 unspecified atom stereocenters. The Morgan fingerprint density at radius 2 is 1.69 bits per heavy atom. The van der Waals surface area contributed by atoms with Crippen molar-refractivity contribution >= 4 is 23.0 Å². The highest BCUT2D eigenvalue weighted by Crippen LogP contribution is 2.32. The van der Waals surface area contributed by atoms with Crippen LogP contribution in [0.4, 0.5) is 17.1 Å². The fraction of sp³-hybridized carbons (Fsp3) is 0.409. The Morgan fingerprint density at radius 1 is 1.03 bits per heavy atom. The van der Waals surface area contributed by atoms with Gasteiger partial charge in [0.1, 0.15) is 5.69 Å². The summed E-state index contributed by atoms with van der Waals surface area (Å²) in [5.74, 6) is 0.170. The lowest BCUT2D eigenvalue weighted by Gasteiger charge is -2.37. The Balaban J connectivity index is 1.77. The van der Waals surface area contributed by atoms with Gasteiger partial charge < -0.3 is 15.1 Å². The molecule has 0 aromatic heterocycles. The van der Waals surface area contributed by atoms with Crippen LogP contribution in [0, 0.1) is 16.0 Å². The molecular weight excluding hydrogens is 368 g/mol. The molecule has 154 valence electrons. The maximum Gasteiger partial charge on any atom is 0.292 e. The van der Waals surface area contributed by atoms with Crippen molar-refractivity contribution in [2.45, 2.75) is 26.8 Å². The second-order valence-corrected chi connectivity index (χ2v) is 7.70. The average molecular weight is 396 g/mol. The van der Waals surface area contributed by atoms with E-state index in [4.69, 9.17) is 0 Å². The first-order chi connectivity index (χ1) is 13.9. The number of hydrogen-bond donors (Lipinski definition) is 1. The highest BCUT2D eigenvalue weighted by atomic mass is 16.6. The zero-order valence-corrected chi connectivity index (χ0v) is 17.2. The summed E-state index contributed by atoms with van der Waals surface area (Å²) < 4.78 is 0. The van der Waals surface area contributed by atoms with Gasteiger partial charge in [-0.05, 0) is 24.6 Å². The Kier molecular flexibility index (Phi) is 6.36. The third-order valence-electron chi connectivity index (χ3n) is 5.30. The number of amides is 1. The van der Waals surface area contributed by atoms with Gasteiger partial charge in [-0.3, -0.25) is 14.9 Å². The molecule has 1 aliphatic heterocycles. The maximum absolute atomic E-state index is 12.2. The van der Waals surface area contributed by atoms with Crippen molar-refractivity contribution in [3.63, 3.8) is 0 Å². The van der Waals surface area contributed by atoms with Gasteiger partial charge in [-0.1, -0.05) is 44.2 Å². The fourth-order valence-electron chi connectivity index (χ4n) is 3.60. The Morgan fingerprint density at radius 3 is 2.28 bits per heavy atom. The maximum atomic E-state index is 12.2. The van der Waals surface area contributed by atoms with E-state index in [2.05, 4.69) is 10.2 Å². The SMILES string of the molecule is CC(C)C(=O)N1CCN(c2ccc([N+](=O)[O-])c(N[C@H](C)c3ccccc3)c2)CC1. The van der Waals surface area contributed by atoms with Crippen LogP contribution in [0.1, 0.15) is 32.4 Å². The Labute approximate surface area is 171 Å². The third-order valence-corrected chi connectivity index (χ3v) is 5.30. The zero-order chi connectivity index (χ0) is 21.0. The Hall–Kier alpha value is -3.09. The normalized spacial score (nSPS) is 15.3. The van der Waals surface area contributed by atoms with Gasteiger partial charge >= 0.3 is 0 Å². The number of carbonyl (C=O) groups excluding carboxylic acids is 1. The summed E-state index contributed by atoms with van der Waals surface area (Å²) in [6.07, 6.45) is 0. The summed E-state index contributed by atoms with van der Waals surface area (Å²) in [7, 11) is 0. The van der Waals surface area contributed by atoms with Crippen molar-refractivity contribution in [2.24, 2.45) is 5.92 Å². The first-order valence-corrected chi connectivity index (χ1v) is 10.0. The molecule has 1 fully saturated rings. The zero-order valence-electron chi connectivity index (χ0n) is 17.2. The summed E-state index contributed by atoms with van der Waals surface area (Å²) in [5, 5.41) is 14.8. The Bertz CT molecular complexity index is 862. The molecule has 3 rings (SSSR count). The van der Waals surface area contributed by atoms with E-state index in [9.17, 15) is 14.9 Å². The topological polar surface area (TPSA) is 78.7 Å². The van der Waals surface area contributed by atoms with Crippen LogP contribution in [-0.2, 0) is 4.79 Å². The average Bonchev–Trinajstić information content (AvgIpc) is 2.73. The monoisotopic (exact) mass is 396 g/mol. The van der Waals surface area contributed by atoms with Gasteiger partial charge in [0.2, 0.25) is 5.91 Å². The van der Waals surface area contributed by atoms with E-state index in [0.29, 0.717) is 31.9 Å². The van der Waals surface area contributed by atoms with Gasteiger partial charge in [0.05, 0.1) is 4.92 Å². The van der Waals surface area contributed by atoms with Crippen molar-refractivity contribution < 1.29 is 9.72 Å². The van der Waals surface area contributed by atoms with Crippen LogP contribution >= 0.6 is 0 Å². The fourth-order valence-corrected chi connectivity index (χ4v) is 3.60. The van der Waals surface area contributed by atoms with Crippen molar-refractivity contribution in [1.82, 2.24) is 4.90 Å². The summed E-state index contributed by atoms with van der Waals surface area (Å²) in [4.78, 5) is 27.4. The van der Waals surface area contributed by atoms with Crippen molar-refractivity contribution in [3.05, 3.63) is 64.2 Å². The predicted molar refractivity (Wildman–Crippen MR) is 115 cm³/mol. The van der Waals surface area contributed by atoms with Crippen LogP contribution in [0.3, 0.4) is 0 Å². The van der Waals surface area contributed by atoms with Gasteiger partial charge in [0.15, 0.2) is 0 Å². The highest BCUT2D eigenvalue weighted by Gasteiger charge is 2.24. The number of carbonyl (C=O) groups is 1. The molecule has 0 saturated carbocycles. The van der Waals surface area contributed by atoms with E-state index in [-0.39, 0.29) is 28.5 Å². The van der Waals surface area contributed by atoms with Crippen molar-refractivity contribution in [1.29, 1.82) is 0 Å². The molecule has 1 heterocycles. The second-order valence-electron chi connectivity index (χ2n) is 7.70. The van der Waals surface area contributed by atoms with Crippen LogP contribution in [-0.4, -0.2) is 41.9 Å². The lowest BCUT2D eigenvalue weighted by molar-refractivity contribution is -0.384. The van der Waals surface area contributed by atoms with Gasteiger partial charge in [-0.2, -0.15) is 0 Å². The molecule has 1 saturated heterocycles. The van der Waals surface area contributed by atoms with Crippen molar-refractivity contribution in [2.75, 3.05) is 36.4 Å². The molecule has 1 atom stereocenters. The van der Waals surface area contributed by atoms with E-state index in [1.54, 1.807) is 12.1 Å². The standard InChI is InChI=1S/C22H28N4O3/c1-16(2)22(27)25-13-11-24(12-14-25)19-9-10-21(26(28)29)20(15-19)23-17(3)18-7-5-4-6-8-18/h4-10,15-17,23H,11-14H2,1-3H3/t17-/m1/s1. The van der Waals surface area contributed by atoms with Crippen LogP contribution in [0.25, 0.3) is 0 Å². The molecule has 0 bridgehead atoms. The number of anilines is 2. The van der Waals surface area contributed by atoms with Gasteiger partial charge in [0.25, 0.3) is 5.69 Å².